The van der Waals surface area contributed by atoms with Crippen molar-refractivity contribution in [1.29, 1.82) is 0 Å². The molecule has 0 heterocycles. The summed E-state index contributed by atoms with van der Waals surface area (Å²) in [6.07, 6.45) is 0. The monoisotopic (exact) mass is 416 g/mol. The molecule has 0 aromatic heterocycles. The number of halogens is 1. The van der Waals surface area contributed by atoms with E-state index >= 15 is 0 Å². The molecule has 9 heteroatoms. The first kappa shape index (κ1) is 20.5. The number of aryl methyl sites for hydroxylation is 1. The maximum absolute atomic E-state index is 12.7. The molecule has 0 aliphatic rings. The van der Waals surface area contributed by atoms with Crippen LogP contribution in [-0.4, -0.2) is 22.6 Å². The first-order valence-corrected chi connectivity index (χ1v) is 11.4. The average molecular weight is 417 g/mol. The SMILES string of the molecule is Cc1ccc(NS(=O)(=O)CC(C)C)cc1S(=O)(=O)Nc1ccc(Cl)cc1. The van der Waals surface area contributed by atoms with E-state index in [1.165, 1.54) is 12.1 Å². The highest BCUT2D eigenvalue weighted by molar-refractivity contribution is 7.93. The van der Waals surface area contributed by atoms with Gasteiger partial charge in [-0.2, -0.15) is 0 Å². The van der Waals surface area contributed by atoms with Gasteiger partial charge in [-0.3, -0.25) is 9.44 Å². The van der Waals surface area contributed by atoms with E-state index in [4.69, 9.17) is 11.6 Å². The van der Waals surface area contributed by atoms with Crippen molar-refractivity contribution >= 4 is 43.0 Å². The molecule has 0 aliphatic carbocycles. The van der Waals surface area contributed by atoms with Gasteiger partial charge in [0.15, 0.2) is 0 Å². The molecule has 2 rings (SSSR count). The van der Waals surface area contributed by atoms with Crippen LogP contribution in [0.3, 0.4) is 0 Å². The summed E-state index contributed by atoms with van der Waals surface area (Å²) in [5.41, 5.74) is 1.06. The molecule has 0 fully saturated rings. The van der Waals surface area contributed by atoms with Gasteiger partial charge in [-0.15, -0.1) is 0 Å². The number of anilines is 2. The number of nitrogens with one attached hydrogen (secondary N) is 2. The van der Waals surface area contributed by atoms with E-state index in [-0.39, 0.29) is 22.3 Å². The maximum atomic E-state index is 12.7. The summed E-state index contributed by atoms with van der Waals surface area (Å²) >= 11 is 5.80. The molecule has 0 atom stereocenters. The Morgan fingerprint density at radius 1 is 0.923 bits per heavy atom. The summed E-state index contributed by atoms with van der Waals surface area (Å²) in [7, 11) is -7.44. The maximum Gasteiger partial charge on any atom is 0.262 e. The number of sulfonamides is 2. The minimum absolute atomic E-state index is 0.00260. The summed E-state index contributed by atoms with van der Waals surface area (Å²) in [5.74, 6) is -0.0980. The predicted octanol–water partition coefficient (Wildman–Crippen LogP) is 3.85. The smallest absolute Gasteiger partial charge is 0.262 e. The molecule has 0 saturated carbocycles. The fourth-order valence-corrected chi connectivity index (χ4v) is 5.24. The van der Waals surface area contributed by atoms with Crippen LogP contribution in [-0.2, 0) is 20.0 Å². The topological polar surface area (TPSA) is 92.3 Å². The van der Waals surface area contributed by atoms with E-state index in [9.17, 15) is 16.8 Å². The second-order valence-corrected chi connectivity index (χ2v) is 10.2. The van der Waals surface area contributed by atoms with Gasteiger partial charge in [-0.25, -0.2) is 16.8 Å². The van der Waals surface area contributed by atoms with Crippen LogP contribution in [0.2, 0.25) is 5.02 Å². The lowest BCUT2D eigenvalue weighted by molar-refractivity contribution is 0.587. The van der Waals surface area contributed by atoms with Gasteiger partial charge in [0, 0.05) is 16.4 Å². The number of rotatable bonds is 7. The van der Waals surface area contributed by atoms with Crippen LogP contribution < -0.4 is 9.44 Å². The van der Waals surface area contributed by atoms with Crippen LogP contribution in [0.4, 0.5) is 11.4 Å². The Hall–Kier alpha value is -1.77. The van der Waals surface area contributed by atoms with Gasteiger partial charge >= 0.3 is 0 Å². The van der Waals surface area contributed by atoms with Gasteiger partial charge in [0.05, 0.1) is 10.6 Å². The van der Waals surface area contributed by atoms with Crippen molar-refractivity contribution in [2.75, 3.05) is 15.2 Å². The van der Waals surface area contributed by atoms with E-state index in [1.54, 1.807) is 51.1 Å². The quantitative estimate of drug-likeness (QED) is 0.717. The average Bonchev–Trinajstić information content (AvgIpc) is 2.49. The molecular formula is C17H21ClN2O4S2. The molecule has 142 valence electrons. The minimum Gasteiger partial charge on any atom is -0.284 e. The first-order valence-electron chi connectivity index (χ1n) is 7.88. The van der Waals surface area contributed by atoms with E-state index in [0.29, 0.717) is 16.3 Å². The third kappa shape index (κ3) is 5.62. The summed E-state index contributed by atoms with van der Waals surface area (Å²) < 4.78 is 54.4. The molecule has 26 heavy (non-hydrogen) atoms. The van der Waals surface area contributed by atoms with Gasteiger partial charge in [-0.05, 0) is 54.8 Å². The van der Waals surface area contributed by atoms with E-state index in [0.717, 1.165) is 0 Å². The molecule has 0 spiro atoms. The molecule has 2 aromatic rings. The largest absolute Gasteiger partial charge is 0.284 e. The van der Waals surface area contributed by atoms with Gasteiger partial charge in [0.2, 0.25) is 10.0 Å². The molecule has 0 amide bonds. The molecular weight excluding hydrogens is 396 g/mol. The minimum atomic E-state index is -3.89. The summed E-state index contributed by atoms with van der Waals surface area (Å²) in [5, 5.41) is 0.491. The van der Waals surface area contributed by atoms with Crippen LogP contribution in [0, 0.1) is 12.8 Å². The zero-order chi connectivity index (χ0) is 19.5. The highest BCUT2D eigenvalue weighted by Crippen LogP contribution is 2.24. The van der Waals surface area contributed by atoms with Crippen molar-refractivity contribution in [1.82, 2.24) is 0 Å². The number of hydrogen-bond acceptors (Lipinski definition) is 4. The first-order chi connectivity index (χ1) is 12.0. The molecule has 0 bridgehead atoms. The standard InChI is InChI=1S/C17H21ClN2O4S2/c1-12(2)11-25(21,22)19-16-7-4-13(3)17(10-16)26(23,24)20-15-8-5-14(18)6-9-15/h4-10,12,19-20H,11H2,1-3H3. The van der Waals surface area contributed by atoms with Crippen LogP contribution >= 0.6 is 11.6 Å². The summed E-state index contributed by atoms with van der Waals surface area (Å²) in [4.78, 5) is -0.00260. The molecule has 0 saturated heterocycles. The van der Waals surface area contributed by atoms with Gasteiger partial charge in [0.25, 0.3) is 10.0 Å². The zero-order valence-electron chi connectivity index (χ0n) is 14.7. The fourth-order valence-electron chi connectivity index (χ4n) is 2.34. The zero-order valence-corrected chi connectivity index (χ0v) is 17.0. The Labute approximate surface area is 159 Å². The van der Waals surface area contributed by atoms with Crippen molar-refractivity contribution in [3.8, 4) is 0 Å². The lowest BCUT2D eigenvalue weighted by atomic mass is 10.2. The Kier molecular flexibility index (Phi) is 6.21. The Morgan fingerprint density at radius 3 is 2.08 bits per heavy atom. The Morgan fingerprint density at radius 2 is 1.50 bits per heavy atom. The van der Waals surface area contributed by atoms with E-state index in [2.05, 4.69) is 9.44 Å². The summed E-state index contributed by atoms with van der Waals surface area (Å²) in [6.45, 7) is 5.23. The third-order valence-electron chi connectivity index (χ3n) is 3.40. The van der Waals surface area contributed by atoms with Crippen molar-refractivity contribution in [3.05, 3.63) is 53.1 Å². The second-order valence-electron chi connectivity index (χ2n) is 6.37. The molecule has 6 nitrogen and oxygen atoms in total. The van der Waals surface area contributed by atoms with Crippen LogP contribution in [0.15, 0.2) is 47.4 Å². The lowest BCUT2D eigenvalue weighted by Crippen LogP contribution is -2.20. The van der Waals surface area contributed by atoms with E-state index < -0.39 is 20.0 Å². The molecule has 2 N–H and O–H groups in total. The van der Waals surface area contributed by atoms with Crippen LogP contribution in [0.1, 0.15) is 19.4 Å². The summed E-state index contributed by atoms with van der Waals surface area (Å²) in [6, 6.07) is 10.6. The van der Waals surface area contributed by atoms with Gasteiger partial charge in [0.1, 0.15) is 0 Å². The van der Waals surface area contributed by atoms with Crippen molar-refractivity contribution in [2.45, 2.75) is 25.7 Å². The Bertz CT molecular complexity index is 986. The van der Waals surface area contributed by atoms with Crippen LogP contribution in [0.5, 0.6) is 0 Å². The van der Waals surface area contributed by atoms with E-state index in [1.807, 2.05) is 0 Å². The normalized spacial score (nSPS) is 12.2. The van der Waals surface area contributed by atoms with Crippen molar-refractivity contribution in [2.24, 2.45) is 5.92 Å². The lowest BCUT2D eigenvalue weighted by Gasteiger charge is -2.14. The van der Waals surface area contributed by atoms with Gasteiger partial charge in [-0.1, -0.05) is 31.5 Å². The molecule has 0 aliphatic heterocycles. The molecule has 2 aromatic carbocycles. The number of hydrogen-bond donors (Lipinski definition) is 2. The molecule has 0 radical (unpaired) electrons. The highest BCUT2D eigenvalue weighted by Gasteiger charge is 2.19. The fraction of sp³-hybridized carbons (Fsp3) is 0.294. The third-order valence-corrected chi connectivity index (χ3v) is 6.83. The van der Waals surface area contributed by atoms with Crippen molar-refractivity contribution < 1.29 is 16.8 Å². The highest BCUT2D eigenvalue weighted by atomic mass is 35.5. The van der Waals surface area contributed by atoms with Gasteiger partial charge < -0.3 is 0 Å². The van der Waals surface area contributed by atoms with Crippen molar-refractivity contribution in [3.63, 3.8) is 0 Å². The Balaban J connectivity index is 2.32. The molecule has 0 unspecified atom stereocenters. The second kappa shape index (κ2) is 7.85. The predicted molar refractivity (Wildman–Crippen MR) is 106 cm³/mol. The number of benzene rings is 2. The van der Waals surface area contributed by atoms with Crippen LogP contribution in [0.25, 0.3) is 0 Å².